The largest absolute Gasteiger partial charge is 0.326 e. The summed E-state index contributed by atoms with van der Waals surface area (Å²) in [4.78, 5) is 2.77. The fourth-order valence-electron chi connectivity index (χ4n) is 4.55. The molecule has 2 heteroatoms. The van der Waals surface area contributed by atoms with Crippen molar-refractivity contribution < 1.29 is 0 Å². The molecule has 2 rings (SSSR count). The van der Waals surface area contributed by atoms with Crippen LogP contribution in [-0.4, -0.2) is 29.6 Å². The zero-order valence-corrected chi connectivity index (χ0v) is 14.2. The van der Waals surface area contributed by atoms with Crippen LogP contribution in [0.15, 0.2) is 0 Å². The van der Waals surface area contributed by atoms with Gasteiger partial charge >= 0.3 is 0 Å². The summed E-state index contributed by atoms with van der Waals surface area (Å²) in [5.74, 6) is 0.854. The Balaban J connectivity index is 2.07. The molecule has 0 radical (unpaired) electrons. The Labute approximate surface area is 126 Å². The van der Waals surface area contributed by atoms with E-state index >= 15 is 0 Å². The minimum absolute atomic E-state index is 0.402. The van der Waals surface area contributed by atoms with Crippen LogP contribution in [0.2, 0.25) is 0 Å². The Kier molecular flexibility index (Phi) is 5.53. The second-order valence-corrected chi connectivity index (χ2v) is 7.85. The average molecular weight is 280 g/mol. The van der Waals surface area contributed by atoms with E-state index in [1.807, 2.05) is 0 Å². The van der Waals surface area contributed by atoms with Crippen LogP contribution in [0.1, 0.15) is 79.1 Å². The molecule has 0 aromatic carbocycles. The Morgan fingerprint density at radius 1 is 1.05 bits per heavy atom. The van der Waals surface area contributed by atoms with Gasteiger partial charge in [-0.05, 0) is 50.0 Å². The van der Waals surface area contributed by atoms with Crippen LogP contribution in [0.3, 0.4) is 0 Å². The number of nitrogens with zero attached hydrogens (tertiary/aromatic N) is 1. The van der Waals surface area contributed by atoms with Gasteiger partial charge in [-0.25, -0.2) is 0 Å². The van der Waals surface area contributed by atoms with E-state index in [-0.39, 0.29) is 0 Å². The van der Waals surface area contributed by atoms with E-state index in [9.17, 15) is 0 Å². The number of nitrogens with two attached hydrogens (primary N) is 1. The van der Waals surface area contributed by atoms with Crippen molar-refractivity contribution in [2.24, 2.45) is 17.1 Å². The summed E-state index contributed by atoms with van der Waals surface area (Å²) in [5.41, 5.74) is 7.01. The molecule has 2 saturated carbocycles. The van der Waals surface area contributed by atoms with Crippen LogP contribution in [0.4, 0.5) is 0 Å². The second kappa shape index (κ2) is 6.79. The highest BCUT2D eigenvalue weighted by molar-refractivity contribution is 4.95. The van der Waals surface area contributed by atoms with Gasteiger partial charge < -0.3 is 5.73 Å². The lowest BCUT2D eigenvalue weighted by atomic mass is 9.67. The number of rotatable bonds is 5. The SMILES string of the molecule is CCN(C1CCCC1)C1CC(C(C)(C)CC)CCC1N. The zero-order valence-electron chi connectivity index (χ0n) is 14.2. The molecule has 2 aliphatic carbocycles. The molecule has 2 aliphatic rings. The maximum absolute atomic E-state index is 6.53. The first-order valence-electron chi connectivity index (χ1n) is 9.01. The molecular weight excluding hydrogens is 244 g/mol. The van der Waals surface area contributed by atoms with E-state index in [4.69, 9.17) is 5.73 Å². The highest BCUT2D eigenvalue weighted by atomic mass is 15.2. The predicted molar refractivity (Wildman–Crippen MR) is 87.8 cm³/mol. The zero-order chi connectivity index (χ0) is 14.8. The van der Waals surface area contributed by atoms with E-state index < -0.39 is 0 Å². The first-order chi connectivity index (χ1) is 9.49. The van der Waals surface area contributed by atoms with E-state index in [2.05, 4.69) is 32.6 Å². The van der Waals surface area contributed by atoms with Crippen molar-refractivity contribution in [3.05, 3.63) is 0 Å². The molecule has 2 fully saturated rings. The molecule has 0 amide bonds. The third-order valence-electron chi connectivity index (χ3n) is 6.47. The van der Waals surface area contributed by atoms with Gasteiger partial charge in [0.15, 0.2) is 0 Å². The highest BCUT2D eigenvalue weighted by Crippen LogP contribution is 2.42. The van der Waals surface area contributed by atoms with Gasteiger partial charge in [0.1, 0.15) is 0 Å². The van der Waals surface area contributed by atoms with Crippen LogP contribution >= 0.6 is 0 Å². The van der Waals surface area contributed by atoms with E-state index in [1.165, 1.54) is 57.9 Å². The van der Waals surface area contributed by atoms with Crippen LogP contribution in [0.5, 0.6) is 0 Å². The van der Waals surface area contributed by atoms with Crippen LogP contribution in [-0.2, 0) is 0 Å². The quantitative estimate of drug-likeness (QED) is 0.818. The lowest BCUT2D eigenvalue weighted by molar-refractivity contribution is 0.0401. The fraction of sp³-hybridized carbons (Fsp3) is 1.00. The lowest BCUT2D eigenvalue weighted by Gasteiger charge is -2.47. The van der Waals surface area contributed by atoms with Crippen molar-refractivity contribution in [3.8, 4) is 0 Å². The maximum atomic E-state index is 6.53. The van der Waals surface area contributed by atoms with Crippen molar-refractivity contribution >= 4 is 0 Å². The highest BCUT2D eigenvalue weighted by Gasteiger charge is 2.39. The Morgan fingerprint density at radius 3 is 2.25 bits per heavy atom. The number of likely N-dealkylation sites (N-methyl/N-ethyl adjacent to an activating group) is 1. The van der Waals surface area contributed by atoms with Crippen molar-refractivity contribution in [1.29, 1.82) is 0 Å². The molecule has 0 aliphatic heterocycles. The van der Waals surface area contributed by atoms with Crippen molar-refractivity contribution in [2.75, 3.05) is 6.54 Å². The molecule has 118 valence electrons. The van der Waals surface area contributed by atoms with Gasteiger partial charge in [-0.1, -0.05) is 47.0 Å². The summed E-state index contributed by atoms with van der Waals surface area (Å²) in [7, 11) is 0. The smallest absolute Gasteiger partial charge is 0.0252 e. The number of hydrogen-bond acceptors (Lipinski definition) is 2. The molecule has 0 heterocycles. The van der Waals surface area contributed by atoms with Gasteiger partial charge in [-0.2, -0.15) is 0 Å². The van der Waals surface area contributed by atoms with Crippen LogP contribution in [0.25, 0.3) is 0 Å². The maximum Gasteiger partial charge on any atom is 0.0252 e. The number of hydrogen-bond donors (Lipinski definition) is 1. The minimum Gasteiger partial charge on any atom is -0.326 e. The van der Waals surface area contributed by atoms with Crippen LogP contribution < -0.4 is 5.73 Å². The van der Waals surface area contributed by atoms with Gasteiger partial charge in [0, 0.05) is 18.1 Å². The summed E-state index contributed by atoms with van der Waals surface area (Å²) in [5, 5.41) is 0. The van der Waals surface area contributed by atoms with E-state index in [0.29, 0.717) is 17.5 Å². The summed E-state index contributed by atoms with van der Waals surface area (Å²) < 4.78 is 0. The molecule has 3 atom stereocenters. The van der Waals surface area contributed by atoms with Gasteiger partial charge in [0.05, 0.1) is 0 Å². The lowest BCUT2D eigenvalue weighted by Crippen LogP contribution is -2.55. The monoisotopic (exact) mass is 280 g/mol. The molecule has 3 unspecified atom stereocenters. The topological polar surface area (TPSA) is 29.3 Å². The summed E-state index contributed by atoms with van der Waals surface area (Å²) in [6.07, 6.45) is 10.8. The summed E-state index contributed by atoms with van der Waals surface area (Å²) in [6.45, 7) is 10.8. The third kappa shape index (κ3) is 3.39. The first-order valence-corrected chi connectivity index (χ1v) is 9.01. The summed E-state index contributed by atoms with van der Waals surface area (Å²) >= 11 is 0. The molecule has 20 heavy (non-hydrogen) atoms. The standard InChI is InChI=1S/C18H36N2/c1-5-18(3,4)14-11-12-16(19)17(13-14)20(6-2)15-9-7-8-10-15/h14-17H,5-13,19H2,1-4H3. The Hall–Kier alpha value is -0.0800. The normalized spacial score (nSPS) is 33.0. The van der Waals surface area contributed by atoms with Crippen molar-refractivity contribution in [3.63, 3.8) is 0 Å². The summed E-state index contributed by atoms with van der Waals surface area (Å²) in [6, 6.07) is 1.85. The van der Waals surface area contributed by atoms with E-state index in [1.54, 1.807) is 0 Å². The van der Waals surface area contributed by atoms with E-state index in [0.717, 1.165) is 12.0 Å². The molecule has 2 nitrogen and oxygen atoms in total. The van der Waals surface area contributed by atoms with Gasteiger partial charge in [0.25, 0.3) is 0 Å². The first kappa shape index (κ1) is 16.3. The van der Waals surface area contributed by atoms with Crippen LogP contribution in [0, 0.1) is 11.3 Å². The molecular formula is C18H36N2. The van der Waals surface area contributed by atoms with Gasteiger partial charge in [-0.15, -0.1) is 0 Å². The second-order valence-electron chi connectivity index (χ2n) is 7.85. The predicted octanol–water partition coefficient (Wildman–Crippen LogP) is 4.18. The van der Waals surface area contributed by atoms with Crippen molar-refractivity contribution in [2.45, 2.75) is 97.2 Å². The Bertz CT molecular complexity index is 294. The Morgan fingerprint density at radius 2 is 1.70 bits per heavy atom. The molecule has 0 saturated heterocycles. The van der Waals surface area contributed by atoms with Gasteiger partial charge in [-0.3, -0.25) is 4.90 Å². The minimum atomic E-state index is 0.402. The molecule has 0 bridgehead atoms. The molecule has 0 aromatic rings. The fourth-order valence-corrected chi connectivity index (χ4v) is 4.55. The third-order valence-corrected chi connectivity index (χ3v) is 6.47. The average Bonchev–Trinajstić information content (AvgIpc) is 2.95. The molecule has 0 aromatic heterocycles. The molecule has 2 N–H and O–H groups in total. The van der Waals surface area contributed by atoms with Gasteiger partial charge in [0.2, 0.25) is 0 Å². The van der Waals surface area contributed by atoms with Crippen molar-refractivity contribution in [1.82, 2.24) is 4.90 Å². The molecule has 0 spiro atoms.